The zero-order valence-corrected chi connectivity index (χ0v) is 19.5. The van der Waals surface area contributed by atoms with Crippen LogP contribution in [0.1, 0.15) is 55.4 Å². The summed E-state index contributed by atoms with van der Waals surface area (Å²) in [5, 5.41) is 2.98. The van der Waals surface area contributed by atoms with E-state index in [1.54, 1.807) is 4.90 Å². The molecule has 0 bridgehead atoms. The van der Waals surface area contributed by atoms with E-state index in [0.717, 1.165) is 35.1 Å². The summed E-state index contributed by atoms with van der Waals surface area (Å²) in [5.74, 6) is 0.386. The zero-order chi connectivity index (χ0) is 22.8. The molecule has 1 unspecified atom stereocenters. The summed E-state index contributed by atoms with van der Waals surface area (Å²) in [7, 11) is 0. The van der Waals surface area contributed by atoms with Crippen LogP contribution in [0.3, 0.4) is 0 Å². The first-order valence-corrected chi connectivity index (χ1v) is 11.2. The quantitative estimate of drug-likeness (QED) is 0.531. The highest BCUT2D eigenvalue weighted by molar-refractivity contribution is 5.88. The molecule has 0 aliphatic rings. The fourth-order valence-electron chi connectivity index (χ4n) is 3.62. The maximum atomic E-state index is 13.2. The van der Waals surface area contributed by atoms with Gasteiger partial charge in [0.15, 0.2) is 6.61 Å². The summed E-state index contributed by atoms with van der Waals surface area (Å²) >= 11 is 0. The predicted molar refractivity (Wildman–Crippen MR) is 125 cm³/mol. The Kier molecular flexibility index (Phi) is 9.57. The van der Waals surface area contributed by atoms with Gasteiger partial charge in [-0.15, -0.1) is 0 Å². The van der Waals surface area contributed by atoms with E-state index in [4.69, 9.17) is 4.74 Å². The lowest BCUT2D eigenvalue weighted by Crippen LogP contribution is -2.50. The molecule has 1 atom stereocenters. The van der Waals surface area contributed by atoms with E-state index in [2.05, 4.69) is 12.2 Å². The first-order valence-electron chi connectivity index (χ1n) is 11.2. The molecule has 2 amide bonds. The molecule has 0 radical (unpaired) electrons. The standard InChI is InChI=1S/C26H36N2O3/c1-6-8-14-27-26(30)23(7-2)28(17-22-11-9-10-19(3)16-22)25(29)18-31-24-13-12-20(4)15-21(24)5/h9-13,15-16,23H,6-8,14,17-18H2,1-5H3,(H,27,30). The maximum Gasteiger partial charge on any atom is 0.261 e. The van der Waals surface area contributed by atoms with E-state index in [1.165, 1.54) is 0 Å². The van der Waals surface area contributed by atoms with E-state index in [-0.39, 0.29) is 18.4 Å². The highest BCUT2D eigenvalue weighted by Crippen LogP contribution is 2.20. The van der Waals surface area contributed by atoms with Crippen LogP contribution in [0.5, 0.6) is 5.75 Å². The Morgan fingerprint density at radius 2 is 1.77 bits per heavy atom. The minimum absolute atomic E-state index is 0.103. The van der Waals surface area contributed by atoms with Crippen LogP contribution in [0.2, 0.25) is 0 Å². The number of ether oxygens (including phenoxy) is 1. The van der Waals surface area contributed by atoms with Crippen molar-refractivity contribution < 1.29 is 14.3 Å². The van der Waals surface area contributed by atoms with Gasteiger partial charge in [0.1, 0.15) is 11.8 Å². The number of amides is 2. The van der Waals surface area contributed by atoms with E-state index < -0.39 is 6.04 Å². The molecule has 0 spiro atoms. The Bertz CT molecular complexity index is 879. The summed E-state index contributed by atoms with van der Waals surface area (Å²) < 4.78 is 5.85. The van der Waals surface area contributed by atoms with Gasteiger partial charge in [-0.1, -0.05) is 67.8 Å². The number of carbonyl (C=O) groups is 2. The number of nitrogens with zero attached hydrogens (tertiary/aromatic N) is 1. The number of hydrogen-bond donors (Lipinski definition) is 1. The van der Waals surface area contributed by atoms with Gasteiger partial charge in [0.05, 0.1) is 0 Å². The second kappa shape index (κ2) is 12.1. The second-order valence-corrected chi connectivity index (χ2v) is 8.14. The number of carbonyl (C=O) groups excluding carboxylic acids is 2. The minimum Gasteiger partial charge on any atom is -0.483 e. The van der Waals surface area contributed by atoms with Crippen LogP contribution >= 0.6 is 0 Å². The number of hydrogen-bond acceptors (Lipinski definition) is 3. The number of rotatable bonds is 11. The molecule has 0 aromatic heterocycles. The van der Waals surface area contributed by atoms with Crippen LogP contribution in [-0.2, 0) is 16.1 Å². The molecule has 1 N–H and O–H groups in total. The van der Waals surface area contributed by atoms with Crippen LogP contribution in [0.25, 0.3) is 0 Å². The van der Waals surface area contributed by atoms with Gasteiger partial charge in [-0.2, -0.15) is 0 Å². The third-order valence-electron chi connectivity index (χ3n) is 5.33. The van der Waals surface area contributed by atoms with Gasteiger partial charge in [-0.3, -0.25) is 9.59 Å². The molecular formula is C26H36N2O3. The van der Waals surface area contributed by atoms with Crippen molar-refractivity contribution in [3.05, 3.63) is 64.7 Å². The van der Waals surface area contributed by atoms with Gasteiger partial charge in [-0.25, -0.2) is 0 Å². The van der Waals surface area contributed by atoms with E-state index in [1.807, 2.05) is 70.2 Å². The lowest BCUT2D eigenvalue weighted by Gasteiger charge is -2.30. The monoisotopic (exact) mass is 424 g/mol. The fraction of sp³-hybridized carbons (Fsp3) is 0.462. The molecule has 0 aliphatic heterocycles. The smallest absolute Gasteiger partial charge is 0.261 e. The van der Waals surface area contributed by atoms with Crippen molar-refractivity contribution in [2.75, 3.05) is 13.2 Å². The van der Waals surface area contributed by atoms with Gasteiger partial charge < -0.3 is 15.0 Å². The Labute approximate surface area is 186 Å². The van der Waals surface area contributed by atoms with Crippen molar-refractivity contribution in [1.82, 2.24) is 10.2 Å². The van der Waals surface area contributed by atoms with Crippen molar-refractivity contribution in [1.29, 1.82) is 0 Å². The number of benzene rings is 2. The van der Waals surface area contributed by atoms with Crippen molar-refractivity contribution in [3.63, 3.8) is 0 Å². The van der Waals surface area contributed by atoms with Gasteiger partial charge in [-0.05, 0) is 50.8 Å². The molecule has 2 aromatic rings. The molecule has 0 aliphatic carbocycles. The number of unbranched alkanes of at least 4 members (excludes halogenated alkanes) is 1. The van der Waals surface area contributed by atoms with Crippen molar-refractivity contribution >= 4 is 11.8 Å². The highest BCUT2D eigenvalue weighted by Gasteiger charge is 2.28. The van der Waals surface area contributed by atoms with Crippen LogP contribution in [0, 0.1) is 20.8 Å². The molecule has 5 nitrogen and oxygen atoms in total. The third-order valence-corrected chi connectivity index (χ3v) is 5.33. The molecule has 5 heteroatoms. The van der Waals surface area contributed by atoms with Crippen molar-refractivity contribution in [2.45, 2.75) is 66.5 Å². The molecule has 0 saturated heterocycles. The second-order valence-electron chi connectivity index (χ2n) is 8.14. The van der Waals surface area contributed by atoms with Crippen LogP contribution in [0.15, 0.2) is 42.5 Å². The summed E-state index contributed by atoms with van der Waals surface area (Å²) in [4.78, 5) is 27.8. The average molecular weight is 425 g/mol. The summed E-state index contributed by atoms with van der Waals surface area (Å²) in [6.07, 6.45) is 2.47. The molecule has 31 heavy (non-hydrogen) atoms. The first kappa shape index (κ1) is 24.4. The number of nitrogens with one attached hydrogen (secondary N) is 1. The van der Waals surface area contributed by atoms with E-state index in [0.29, 0.717) is 25.3 Å². The Morgan fingerprint density at radius 1 is 1.03 bits per heavy atom. The van der Waals surface area contributed by atoms with Gasteiger partial charge >= 0.3 is 0 Å². The lowest BCUT2D eigenvalue weighted by molar-refractivity contribution is -0.143. The fourth-order valence-corrected chi connectivity index (χ4v) is 3.62. The van der Waals surface area contributed by atoms with E-state index in [9.17, 15) is 9.59 Å². The number of aryl methyl sites for hydroxylation is 3. The average Bonchev–Trinajstić information content (AvgIpc) is 2.73. The Balaban J connectivity index is 2.19. The Morgan fingerprint density at radius 3 is 2.42 bits per heavy atom. The van der Waals surface area contributed by atoms with Crippen LogP contribution < -0.4 is 10.1 Å². The largest absolute Gasteiger partial charge is 0.483 e. The first-order chi connectivity index (χ1) is 14.8. The van der Waals surface area contributed by atoms with Gasteiger partial charge in [0.2, 0.25) is 5.91 Å². The highest BCUT2D eigenvalue weighted by atomic mass is 16.5. The molecular weight excluding hydrogens is 388 g/mol. The van der Waals surface area contributed by atoms with Crippen molar-refractivity contribution in [2.24, 2.45) is 0 Å². The summed E-state index contributed by atoms with van der Waals surface area (Å²) in [6.45, 7) is 10.9. The van der Waals surface area contributed by atoms with E-state index >= 15 is 0 Å². The topological polar surface area (TPSA) is 58.6 Å². The SMILES string of the molecule is CCCCNC(=O)C(CC)N(Cc1cccc(C)c1)C(=O)COc1ccc(C)cc1C. The molecule has 168 valence electrons. The normalized spacial score (nSPS) is 11.6. The molecule has 0 fully saturated rings. The Hall–Kier alpha value is -2.82. The minimum atomic E-state index is -0.535. The summed E-state index contributed by atoms with van der Waals surface area (Å²) in [5.41, 5.74) is 4.26. The predicted octanol–water partition coefficient (Wildman–Crippen LogP) is 4.71. The zero-order valence-electron chi connectivity index (χ0n) is 19.5. The lowest BCUT2D eigenvalue weighted by atomic mass is 10.1. The van der Waals surface area contributed by atoms with Crippen LogP contribution in [-0.4, -0.2) is 35.9 Å². The summed E-state index contributed by atoms with van der Waals surface area (Å²) in [6, 6.07) is 13.4. The molecule has 0 saturated carbocycles. The maximum absolute atomic E-state index is 13.2. The molecule has 2 aromatic carbocycles. The van der Waals surface area contributed by atoms with Crippen LogP contribution in [0.4, 0.5) is 0 Å². The third kappa shape index (κ3) is 7.42. The van der Waals surface area contributed by atoms with Gasteiger partial charge in [0, 0.05) is 13.1 Å². The van der Waals surface area contributed by atoms with Gasteiger partial charge in [0.25, 0.3) is 5.91 Å². The molecule has 0 heterocycles. The molecule has 2 rings (SSSR count). The van der Waals surface area contributed by atoms with Crippen molar-refractivity contribution in [3.8, 4) is 5.75 Å².